The normalized spacial score (nSPS) is 10.2. The van der Waals surface area contributed by atoms with Crippen LogP contribution in [-0.4, -0.2) is 30.0 Å². The largest absolute Gasteiger partial charge is 0.376 e. The number of carbonyl (C=O) groups excluding carboxylic acids is 1. The van der Waals surface area contributed by atoms with Crippen molar-refractivity contribution >= 4 is 44.8 Å². The molecule has 0 saturated heterocycles. The number of amides is 1. The summed E-state index contributed by atoms with van der Waals surface area (Å²) in [4.78, 5) is 21.8. The molecule has 20 heavy (non-hydrogen) atoms. The van der Waals surface area contributed by atoms with E-state index in [9.17, 15) is 4.79 Å². The quantitative estimate of drug-likeness (QED) is 0.918. The van der Waals surface area contributed by atoms with E-state index in [1.54, 1.807) is 0 Å². The molecular weight excluding hydrogens is 344 g/mol. The lowest BCUT2D eigenvalue weighted by Gasteiger charge is -2.18. The molecule has 1 amide bonds. The molecule has 0 aliphatic carbocycles. The SMILES string of the molecule is CN(C)c1ccc(Br)cc1NC(=O)c1cncc(Cl)n1. The van der Waals surface area contributed by atoms with Gasteiger partial charge in [0.05, 0.1) is 23.8 Å². The summed E-state index contributed by atoms with van der Waals surface area (Å²) >= 11 is 9.11. The molecule has 1 heterocycles. The summed E-state index contributed by atoms with van der Waals surface area (Å²) in [5, 5.41) is 2.98. The van der Waals surface area contributed by atoms with E-state index in [4.69, 9.17) is 11.6 Å². The van der Waals surface area contributed by atoms with Crippen molar-refractivity contribution in [3.8, 4) is 0 Å². The molecule has 0 aliphatic heterocycles. The molecule has 0 saturated carbocycles. The lowest BCUT2D eigenvalue weighted by molar-refractivity contribution is 0.102. The van der Waals surface area contributed by atoms with E-state index < -0.39 is 0 Å². The van der Waals surface area contributed by atoms with Crippen LogP contribution in [0, 0.1) is 0 Å². The van der Waals surface area contributed by atoms with Gasteiger partial charge in [-0.05, 0) is 18.2 Å². The van der Waals surface area contributed by atoms with E-state index in [2.05, 4.69) is 31.2 Å². The van der Waals surface area contributed by atoms with Gasteiger partial charge >= 0.3 is 0 Å². The van der Waals surface area contributed by atoms with Gasteiger partial charge in [-0.2, -0.15) is 0 Å². The van der Waals surface area contributed by atoms with E-state index in [1.165, 1.54) is 12.4 Å². The summed E-state index contributed by atoms with van der Waals surface area (Å²) < 4.78 is 0.871. The van der Waals surface area contributed by atoms with Crippen LogP contribution in [0.3, 0.4) is 0 Å². The Kier molecular flexibility index (Phi) is 4.57. The second-order valence-electron chi connectivity index (χ2n) is 4.24. The maximum atomic E-state index is 12.1. The number of rotatable bonds is 3. The van der Waals surface area contributed by atoms with Gasteiger partial charge in [-0.1, -0.05) is 27.5 Å². The third kappa shape index (κ3) is 3.46. The van der Waals surface area contributed by atoms with Gasteiger partial charge in [0.25, 0.3) is 5.91 Å². The van der Waals surface area contributed by atoms with Crippen LogP contribution in [0.2, 0.25) is 5.15 Å². The molecule has 1 N–H and O–H groups in total. The molecule has 0 fully saturated rings. The number of aromatic nitrogens is 2. The Balaban J connectivity index is 2.30. The van der Waals surface area contributed by atoms with Crippen LogP contribution in [0.25, 0.3) is 0 Å². The van der Waals surface area contributed by atoms with Crippen LogP contribution < -0.4 is 10.2 Å². The Bertz CT molecular complexity index is 648. The molecule has 2 rings (SSSR count). The molecule has 0 aliphatic rings. The van der Waals surface area contributed by atoms with Crippen LogP contribution in [0.15, 0.2) is 35.1 Å². The third-order valence-corrected chi connectivity index (χ3v) is 3.20. The van der Waals surface area contributed by atoms with E-state index in [1.807, 2.05) is 37.2 Å². The molecule has 1 aromatic heterocycles. The number of carbonyl (C=O) groups is 1. The molecule has 0 radical (unpaired) electrons. The van der Waals surface area contributed by atoms with Crippen LogP contribution in [0.5, 0.6) is 0 Å². The lowest BCUT2D eigenvalue weighted by Crippen LogP contribution is -2.18. The second-order valence-corrected chi connectivity index (χ2v) is 5.54. The Morgan fingerprint density at radius 3 is 2.75 bits per heavy atom. The fourth-order valence-corrected chi connectivity index (χ4v) is 2.14. The Morgan fingerprint density at radius 1 is 1.35 bits per heavy atom. The molecule has 7 heteroatoms. The minimum Gasteiger partial charge on any atom is -0.376 e. The first-order valence-electron chi connectivity index (χ1n) is 5.73. The first-order valence-corrected chi connectivity index (χ1v) is 6.90. The monoisotopic (exact) mass is 354 g/mol. The van der Waals surface area contributed by atoms with Crippen molar-refractivity contribution in [2.24, 2.45) is 0 Å². The minimum atomic E-state index is -0.360. The van der Waals surface area contributed by atoms with Crippen molar-refractivity contribution < 1.29 is 4.79 Å². The average molecular weight is 356 g/mol. The molecule has 5 nitrogen and oxygen atoms in total. The first-order chi connectivity index (χ1) is 9.47. The number of hydrogen-bond donors (Lipinski definition) is 1. The highest BCUT2D eigenvalue weighted by molar-refractivity contribution is 9.10. The van der Waals surface area contributed by atoms with Crippen LogP contribution >= 0.6 is 27.5 Å². The zero-order valence-electron chi connectivity index (χ0n) is 10.9. The highest BCUT2D eigenvalue weighted by Gasteiger charge is 2.12. The number of benzene rings is 1. The third-order valence-electron chi connectivity index (χ3n) is 2.53. The number of halogens is 2. The van der Waals surface area contributed by atoms with Crippen molar-refractivity contribution in [1.29, 1.82) is 0 Å². The summed E-state index contributed by atoms with van der Waals surface area (Å²) in [7, 11) is 3.80. The maximum absolute atomic E-state index is 12.1. The predicted octanol–water partition coefficient (Wildman–Crippen LogP) is 3.21. The number of nitrogens with one attached hydrogen (secondary N) is 1. The fourth-order valence-electron chi connectivity index (χ4n) is 1.64. The van der Waals surface area contributed by atoms with Gasteiger partial charge in [-0.25, -0.2) is 4.98 Å². The molecule has 2 aromatic rings. The zero-order valence-corrected chi connectivity index (χ0v) is 13.2. The van der Waals surface area contributed by atoms with Gasteiger partial charge in [0.2, 0.25) is 0 Å². The summed E-state index contributed by atoms with van der Waals surface area (Å²) in [6.07, 6.45) is 2.75. The van der Waals surface area contributed by atoms with Gasteiger partial charge in [-0.15, -0.1) is 0 Å². The van der Waals surface area contributed by atoms with Crippen molar-refractivity contribution in [2.75, 3.05) is 24.3 Å². The van der Waals surface area contributed by atoms with Crippen molar-refractivity contribution in [3.05, 3.63) is 45.9 Å². The summed E-state index contributed by atoms with van der Waals surface area (Å²) in [5.74, 6) is -0.360. The predicted molar refractivity (Wildman–Crippen MR) is 83.5 cm³/mol. The minimum absolute atomic E-state index is 0.169. The van der Waals surface area contributed by atoms with Gasteiger partial charge in [0.1, 0.15) is 10.8 Å². The summed E-state index contributed by atoms with van der Waals surface area (Å²) in [6.45, 7) is 0. The van der Waals surface area contributed by atoms with Gasteiger partial charge in [-0.3, -0.25) is 9.78 Å². The summed E-state index contributed by atoms with van der Waals surface area (Å²) in [5.41, 5.74) is 1.73. The van der Waals surface area contributed by atoms with Crippen LogP contribution in [0.1, 0.15) is 10.5 Å². The fraction of sp³-hybridized carbons (Fsp3) is 0.154. The van der Waals surface area contributed by atoms with Gasteiger partial charge < -0.3 is 10.2 Å². The molecule has 0 atom stereocenters. The Hall–Kier alpha value is -1.66. The topological polar surface area (TPSA) is 58.1 Å². The van der Waals surface area contributed by atoms with E-state index in [-0.39, 0.29) is 16.8 Å². The van der Waals surface area contributed by atoms with Crippen molar-refractivity contribution in [2.45, 2.75) is 0 Å². The molecule has 0 unspecified atom stereocenters. The van der Waals surface area contributed by atoms with Crippen LogP contribution in [0.4, 0.5) is 11.4 Å². The van der Waals surface area contributed by atoms with Gasteiger partial charge in [0.15, 0.2) is 0 Å². The standard InChI is InChI=1S/C13H12BrClN4O/c1-19(2)11-4-3-8(14)5-9(11)18-13(20)10-6-16-7-12(15)17-10/h3-7H,1-2H3,(H,18,20). The average Bonchev–Trinajstić information content (AvgIpc) is 2.38. The maximum Gasteiger partial charge on any atom is 0.275 e. The Morgan fingerprint density at radius 2 is 2.10 bits per heavy atom. The molecular formula is C13H12BrClN4O. The van der Waals surface area contributed by atoms with Crippen molar-refractivity contribution in [1.82, 2.24) is 9.97 Å². The Labute approximate surface area is 130 Å². The van der Waals surface area contributed by atoms with Crippen LogP contribution in [-0.2, 0) is 0 Å². The molecule has 0 bridgehead atoms. The van der Waals surface area contributed by atoms with E-state index in [0.29, 0.717) is 5.69 Å². The number of nitrogens with zero attached hydrogens (tertiary/aromatic N) is 3. The zero-order chi connectivity index (χ0) is 14.7. The van der Waals surface area contributed by atoms with Gasteiger partial charge in [0, 0.05) is 18.6 Å². The lowest BCUT2D eigenvalue weighted by atomic mass is 10.2. The van der Waals surface area contributed by atoms with E-state index >= 15 is 0 Å². The smallest absolute Gasteiger partial charge is 0.275 e. The van der Waals surface area contributed by atoms with E-state index in [0.717, 1.165) is 10.2 Å². The number of anilines is 2. The number of hydrogen-bond acceptors (Lipinski definition) is 4. The second kappa shape index (κ2) is 6.19. The highest BCUT2D eigenvalue weighted by atomic mass is 79.9. The first kappa shape index (κ1) is 14.7. The highest BCUT2D eigenvalue weighted by Crippen LogP contribution is 2.28. The molecule has 1 aromatic carbocycles. The summed E-state index contributed by atoms with van der Waals surface area (Å²) in [6, 6.07) is 5.64. The molecule has 0 spiro atoms. The molecule has 104 valence electrons. The van der Waals surface area contributed by atoms with Crippen molar-refractivity contribution in [3.63, 3.8) is 0 Å².